The fourth-order valence-corrected chi connectivity index (χ4v) is 10.9. The zero-order valence-corrected chi connectivity index (χ0v) is 49.0. The predicted molar refractivity (Wildman–Crippen MR) is 302 cm³/mol. The van der Waals surface area contributed by atoms with Gasteiger partial charge in [0.2, 0.25) is 0 Å². The number of nitrogens with one attached hydrogen (secondary N) is 3. The third kappa shape index (κ3) is 12.9. The first kappa shape index (κ1) is 63.9. The highest BCUT2D eigenvalue weighted by Crippen LogP contribution is 2.32. The van der Waals surface area contributed by atoms with E-state index in [2.05, 4.69) is 31.2 Å². The highest BCUT2D eigenvalue weighted by atomic mass is 19.2. The van der Waals surface area contributed by atoms with Crippen LogP contribution in [0.5, 0.6) is 0 Å². The van der Waals surface area contributed by atoms with Crippen LogP contribution in [0.3, 0.4) is 0 Å². The van der Waals surface area contributed by atoms with Crippen LogP contribution in [-0.2, 0) is 73.0 Å². The van der Waals surface area contributed by atoms with Gasteiger partial charge in [0.25, 0.3) is 17.7 Å². The molecule has 34 heteroatoms. The lowest BCUT2D eigenvalue weighted by molar-refractivity contribution is -0.159. The molecule has 3 aromatic carbocycles. The summed E-state index contributed by atoms with van der Waals surface area (Å²) < 4.78 is 74.2. The number of amides is 9. The average molecular weight is 1270 g/mol. The standard InChI is InChI=1S/C19H20F3N5O4.2C19H19FN6O4/c1-9-15(21)12(20)5-14(16(9)22)23-19(30)26-4-3-13-11(7-26)17-18(29)25(2)31-10(8-28)6-27(17)24-13;1-24-18(28)17-13-9-25(5-4-15(13)23-26(17)8-12(10-27)30-24)19(29)22-16-6-11(7-21)2-3-14(16)20;1-24-18(28)17-13-9-25(6-5-14(13)23-26(17)8-12(10-27)30-24)19(29)22-15-4-2-3-11(7-21)16(15)20/h5,10,28H,3-4,6-8H2,1-2H3,(H,23,30);2-3,6,12,27H,4-5,8-10H2,1H3,(H,22,29);2-4,12,27H,5-6,8-10H2,1H3,(H,22,29)/t10-;2*12-/m000/s1. The number of aliphatic hydroxyl groups excluding tert-OH is 3. The van der Waals surface area contributed by atoms with Gasteiger partial charge in [-0.3, -0.25) is 42.9 Å². The molecule has 12 rings (SSSR count). The van der Waals surface area contributed by atoms with E-state index in [1.165, 1.54) is 80.2 Å². The Labute approximate surface area is 513 Å². The number of aromatic nitrogens is 6. The number of hydrogen-bond acceptors (Lipinski definition) is 17. The first-order valence-electron chi connectivity index (χ1n) is 28.2. The van der Waals surface area contributed by atoms with Gasteiger partial charge in [-0.25, -0.2) is 51.5 Å². The number of carbonyl (C=O) groups is 6. The van der Waals surface area contributed by atoms with Crippen LogP contribution >= 0.6 is 0 Å². The summed E-state index contributed by atoms with van der Waals surface area (Å²) in [4.78, 5) is 96.8. The average Bonchev–Trinajstić information content (AvgIpc) is 1.67. The number of urea groups is 3. The van der Waals surface area contributed by atoms with Crippen molar-refractivity contribution in [3.63, 3.8) is 0 Å². The molecule has 478 valence electrons. The molecular formula is C57H58F5N17O12. The van der Waals surface area contributed by atoms with Crippen LogP contribution in [0.25, 0.3) is 0 Å². The van der Waals surface area contributed by atoms with E-state index >= 15 is 0 Å². The molecule has 3 aromatic heterocycles. The van der Waals surface area contributed by atoms with E-state index in [0.717, 1.165) is 28.2 Å². The fourth-order valence-electron chi connectivity index (χ4n) is 10.9. The molecule has 0 fully saturated rings. The van der Waals surface area contributed by atoms with Gasteiger partial charge in [-0.05, 0) is 37.3 Å². The molecule has 0 aliphatic carbocycles. The van der Waals surface area contributed by atoms with Gasteiger partial charge >= 0.3 is 18.1 Å². The van der Waals surface area contributed by atoms with Crippen molar-refractivity contribution in [3.05, 3.63) is 139 Å². The number of benzene rings is 3. The van der Waals surface area contributed by atoms with Crippen LogP contribution in [0.4, 0.5) is 53.4 Å². The molecule has 0 radical (unpaired) electrons. The molecule has 0 saturated heterocycles. The van der Waals surface area contributed by atoms with Crippen molar-refractivity contribution in [3.8, 4) is 12.1 Å². The molecule has 9 amide bonds. The number of carbonyl (C=O) groups excluding carboxylic acids is 6. The fraction of sp³-hybridized carbons (Fsp3) is 0.386. The molecule has 9 heterocycles. The smallest absolute Gasteiger partial charge is 0.322 e. The first-order chi connectivity index (χ1) is 43.5. The lowest BCUT2D eigenvalue weighted by atomic mass is 10.1. The van der Waals surface area contributed by atoms with E-state index in [4.69, 9.17) is 25.0 Å². The van der Waals surface area contributed by atoms with E-state index in [0.29, 0.717) is 83.6 Å². The number of halogens is 5. The summed E-state index contributed by atoms with van der Waals surface area (Å²) in [6.07, 6.45) is -0.705. The van der Waals surface area contributed by atoms with E-state index in [1.807, 2.05) is 6.07 Å². The number of hydrogen-bond donors (Lipinski definition) is 6. The number of nitriles is 2. The topological polar surface area (TPSA) is 347 Å². The second-order valence-electron chi connectivity index (χ2n) is 21.6. The molecule has 6 aliphatic heterocycles. The number of nitrogens with zero attached hydrogens (tertiary/aromatic N) is 14. The number of hydroxylamine groups is 6. The van der Waals surface area contributed by atoms with E-state index in [1.54, 1.807) is 6.07 Å². The van der Waals surface area contributed by atoms with Crippen molar-refractivity contribution in [1.29, 1.82) is 10.5 Å². The number of aliphatic hydroxyl groups is 3. The summed E-state index contributed by atoms with van der Waals surface area (Å²) in [5.41, 5.74) is 3.46. The van der Waals surface area contributed by atoms with Gasteiger partial charge in [0.15, 0.2) is 23.3 Å². The molecule has 0 bridgehead atoms. The summed E-state index contributed by atoms with van der Waals surface area (Å²) >= 11 is 0. The van der Waals surface area contributed by atoms with Crippen molar-refractivity contribution >= 4 is 52.9 Å². The summed E-state index contributed by atoms with van der Waals surface area (Å²) in [7, 11) is 4.33. The Balaban J connectivity index is 0.000000150. The van der Waals surface area contributed by atoms with Crippen LogP contribution in [0.15, 0.2) is 42.5 Å². The normalized spacial score (nSPS) is 18.4. The highest BCUT2D eigenvalue weighted by molar-refractivity contribution is 5.97. The number of anilines is 3. The second-order valence-corrected chi connectivity index (χ2v) is 21.6. The minimum atomic E-state index is -1.31. The van der Waals surface area contributed by atoms with Crippen molar-refractivity contribution in [2.75, 3.05) is 76.5 Å². The monoisotopic (exact) mass is 1270 g/mol. The van der Waals surface area contributed by atoms with Crippen LogP contribution < -0.4 is 16.0 Å². The van der Waals surface area contributed by atoms with Gasteiger partial charge in [-0.2, -0.15) is 25.8 Å². The van der Waals surface area contributed by atoms with Gasteiger partial charge < -0.3 is 46.0 Å². The van der Waals surface area contributed by atoms with E-state index in [-0.39, 0.29) is 93.8 Å². The molecular weight excluding hydrogens is 1210 g/mol. The first-order valence-corrected chi connectivity index (χ1v) is 28.2. The third-order valence-electron chi connectivity index (χ3n) is 15.6. The second kappa shape index (κ2) is 26.5. The lowest BCUT2D eigenvalue weighted by Crippen LogP contribution is -2.40. The molecule has 6 N–H and O–H groups in total. The molecule has 0 unspecified atom stereocenters. The molecule has 6 aliphatic rings. The SMILES string of the molecule is CN1O[C@H](CO)Cn2nc3c(c2C1=O)CN(C(=O)Nc1cc(C#N)ccc1F)CC3.CN1O[C@H](CO)Cn2nc3c(c2C1=O)CN(C(=O)Nc1cccc(C#N)c1F)CC3.Cc1c(F)c(F)cc(NC(=O)N2CCc3nn4c(c3C2)C(=O)N(C)O[C@H](CO)C4)c1F. The largest absolute Gasteiger partial charge is 0.393 e. The van der Waals surface area contributed by atoms with Gasteiger partial charge in [0.05, 0.1) is 110 Å². The van der Waals surface area contributed by atoms with Gasteiger partial charge in [-0.1, -0.05) is 6.07 Å². The minimum Gasteiger partial charge on any atom is -0.393 e. The van der Waals surface area contributed by atoms with E-state index < -0.39 is 94.5 Å². The number of rotatable bonds is 6. The zero-order chi connectivity index (χ0) is 65.3. The minimum absolute atomic E-state index is 0.00412. The Kier molecular flexibility index (Phi) is 18.6. The Morgan fingerprint density at radius 1 is 0.549 bits per heavy atom. The zero-order valence-electron chi connectivity index (χ0n) is 49.0. The van der Waals surface area contributed by atoms with Crippen molar-refractivity contribution in [1.82, 2.24) is 59.2 Å². The Bertz CT molecular complexity index is 3890. The molecule has 3 atom stereocenters. The van der Waals surface area contributed by atoms with Gasteiger partial charge in [0, 0.05) is 88.4 Å². The van der Waals surface area contributed by atoms with Crippen molar-refractivity contribution in [2.24, 2.45) is 0 Å². The maximum atomic E-state index is 14.3. The Hall–Kier alpha value is -10.1. The van der Waals surface area contributed by atoms with Crippen LogP contribution in [0.2, 0.25) is 0 Å². The molecule has 29 nitrogen and oxygen atoms in total. The molecule has 6 aromatic rings. The van der Waals surface area contributed by atoms with Crippen LogP contribution in [0, 0.1) is 58.7 Å². The molecule has 0 saturated carbocycles. The van der Waals surface area contributed by atoms with Gasteiger partial charge in [-0.15, -0.1) is 0 Å². The summed E-state index contributed by atoms with van der Waals surface area (Å²) in [6, 6.07) is 10.3. The maximum absolute atomic E-state index is 14.3. The summed E-state index contributed by atoms with van der Waals surface area (Å²) in [5, 5.41) is 70.0. The Morgan fingerprint density at radius 3 is 1.35 bits per heavy atom. The van der Waals surface area contributed by atoms with Crippen LogP contribution in [-0.4, -0.2) is 189 Å². The Morgan fingerprint density at radius 2 is 0.956 bits per heavy atom. The summed E-state index contributed by atoms with van der Waals surface area (Å²) in [5.74, 6) is -6.42. The maximum Gasteiger partial charge on any atom is 0.322 e. The van der Waals surface area contributed by atoms with Crippen molar-refractivity contribution < 1.29 is 80.6 Å². The molecule has 0 spiro atoms. The predicted octanol–water partition coefficient (Wildman–Crippen LogP) is 3.30. The lowest BCUT2D eigenvalue weighted by Gasteiger charge is -2.27. The van der Waals surface area contributed by atoms with Gasteiger partial charge in [0.1, 0.15) is 47.3 Å². The number of fused-ring (bicyclic) bond motifs is 9. The van der Waals surface area contributed by atoms with Crippen molar-refractivity contribution in [2.45, 2.75) is 83.8 Å². The third-order valence-corrected chi connectivity index (χ3v) is 15.6. The summed E-state index contributed by atoms with van der Waals surface area (Å²) in [6.45, 7) is 1.88. The van der Waals surface area contributed by atoms with Crippen LogP contribution in [0.1, 0.15) is 81.9 Å². The molecule has 91 heavy (non-hydrogen) atoms. The van der Waals surface area contributed by atoms with E-state index in [9.17, 15) is 66.0 Å². The quantitative estimate of drug-likeness (QED) is 0.103. The highest BCUT2D eigenvalue weighted by Gasteiger charge is 2.39.